The average molecular weight is 289 g/mol. The van der Waals surface area contributed by atoms with E-state index in [4.69, 9.17) is 17.3 Å². The van der Waals surface area contributed by atoms with E-state index in [0.29, 0.717) is 5.02 Å². The van der Waals surface area contributed by atoms with Crippen LogP contribution in [0.25, 0.3) is 0 Å². The minimum atomic E-state index is -3.50. The van der Waals surface area contributed by atoms with Crippen molar-refractivity contribution >= 4 is 21.6 Å². The normalized spacial score (nSPS) is 25.0. The van der Waals surface area contributed by atoms with Crippen LogP contribution in [0.15, 0.2) is 29.2 Å². The van der Waals surface area contributed by atoms with E-state index in [-0.39, 0.29) is 17.0 Å². The van der Waals surface area contributed by atoms with Crippen molar-refractivity contribution < 1.29 is 8.42 Å². The minimum Gasteiger partial charge on any atom is -0.326 e. The molecule has 1 saturated carbocycles. The molecule has 0 bridgehead atoms. The average Bonchev–Trinajstić information content (AvgIpc) is 2.32. The Labute approximate surface area is 113 Å². The highest BCUT2D eigenvalue weighted by Crippen LogP contribution is 2.20. The van der Waals surface area contributed by atoms with Gasteiger partial charge in [0.25, 0.3) is 0 Å². The number of halogens is 1. The lowest BCUT2D eigenvalue weighted by atomic mass is 9.92. The van der Waals surface area contributed by atoms with Gasteiger partial charge >= 0.3 is 0 Å². The van der Waals surface area contributed by atoms with Gasteiger partial charge in [0, 0.05) is 17.1 Å². The summed E-state index contributed by atoms with van der Waals surface area (Å²) in [5.74, 6) is 0. The van der Waals surface area contributed by atoms with Gasteiger partial charge in [-0.15, -0.1) is 0 Å². The summed E-state index contributed by atoms with van der Waals surface area (Å²) in [5.41, 5.74) is 5.94. The van der Waals surface area contributed by atoms with Crippen LogP contribution in [-0.4, -0.2) is 20.5 Å². The van der Waals surface area contributed by atoms with Gasteiger partial charge in [0.2, 0.25) is 10.0 Å². The summed E-state index contributed by atoms with van der Waals surface area (Å²) in [6, 6.07) is 5.87. The van der Waals surface area contributed by atoms with Gasteiger partial charge in [0.1, 0.15) is 0 Å². The van der Waals surface area contributed by atoms with Crippen molar-refractivity contribution in [2.45, 2.75) is 42.7 Å². The Hall–Kier alpha value is -0.620. The van der Waals surface area contributed by atoms with Crippen molar-refractivity contribution in [3.63, 3.8) is 0 Å². The molecule has 0 heterocycles. The lowest BCUT2D eigenvalue weighted by Crippen LogP contribution is -2.49. The molecule has 0 radical (unpaired) electrons. The number of nitrogens with two attached hydrogens (primary N) is 1. The summed E-state index contributed by atoms with van der Waals surface area (Å²) in [6.45, 7) is 0. The summed E-state index contributed by atoms with van der Waals surface area (Å²) in [5, 5.41) is 0.517. The third-order valence-corrected chi connectivity index (χ3v) is 5.01. The zero-order valence-corrected chi connectivity index (χ0v) is 11.5. The van der Waals surface area contributed by atoms with E-state index in [1.807, 2.05) is 0 Å². The molecule has 3 N–H and O–H groups in total. The first-order valence-corrected chi connectivity index (χ1v) is 7.88. The number of hydrogen-bond acceptors (Lipinski definition) is 3. The lowest BCUT2D eigenvalue weighted by Gasteiger charge is -2.29. The summed E-state index contributed by atoms with van der Waals surface area (Å²) >= 11 is 5.74. The summed E-state index contributed by atoms with van der Waals surface area (Å²) < 4.78 is 27.0. The first-order valence-electron chi connectivity index (χ1n) is 6.02. The molecule has 0 aliphatic heterocycles. The highest BCUT2D eigenvalue weighted by molar-refractivity contribution is 7.89. The van der Waals surface area contributed by atoms with Gasteiger partial charge in [-0.2, -0.15) is 0 Å². The number of rotatable bonds is 3. The van der Waals surface area contributed by atoms with Crippen molar-refractivity contribution in [3.05, 3.63) is 29.3 Å². The zero-order valence-electron chi connectivity index (χ0n) is 9.97. The van der Waals surface area contributed by atoms with Crippen molar-refractivity contribution in [2.75, 3.05) is 0 Å². The molecular weight excluding hydrogens is 272 g/mol. The van der Waals surface area contributed by atoms with E-state index in [1.165, 1.54) is 12.1 Å². The second-order valence-electron chi connectivity index (χ2n) is 4.63. The number of sulfonamides is 1. The molecule has 0 spiro atoms. The first kappa shape index (κ1) is 13.8. The lowest BCUT2D eigenvalue weighted by molar-refractivity contribution is 0.361. The standard InChI is InChI=1S/C12H17ClN2O2S/c13-9-5-7-10(8-6-9)18(16,17)15-12-4-2-1-3-11(12)14/h5-8,11-12,15H,1-4,14H2. The fourth-order valence-corrected chi connectivity index (χ4v) is 3.63. The van der Waals surface area contributed by atoms with Crippen LogP contribution in [0.5, 0.6) is 0 Å². The highest BCUT2D eigenvalue weighted by atomic mass is 35.5. The summed E-state index contributed by atoms with van der Waals surface area (Å²) in [6.07, 6.45) is 3.75. The Morgan fingerprint density at radius 3 is 2.39 bits per heavy atom. The third kappa shape index (κ3) is 3.23. The molecule has 0 aromatic heterocycles. The van der Waals surface area contributed by atoms with Gasteiger partial charge in [-0.1, -0.05) is 24.4 Å². The van der Waals surface area contributed by atoms with Gasteiger partial charge in [0.05, 0.1) is 4.90 Å². The van der Waals surface area contributed by atoms with Crippen LogP contribution in [0, 0.1) is 0 Å². The van der Waals surface area contributed by atoms with Crippen LogP contribution >= 0.6 is 11.6 Å². The molecule has 1 aliphatic rings. The van der Waals surface area contributed by atoms with E-state index in [2.05, 4.69) is 4.72 Å². The van der Waals surface area contributed by atoms with Gasteiger partial charge in [0.15, 0.2) is 0 Å². The Morgan fingerprint density at radius 2 is 1.78 bits per heavy atom. The monoisotopic (exact) mass is 288 g/mol. The van der Waals surface area contributed by atoms with Gasteiger partial charge < -0.3 is 5.73 Å². The second-order valence-corrected chi connectivity index (χ2v) is 6.78. The fourth-order valence-electron chi connectivity index (χ4n) is 2.19. The van der Waals surface area contributed by atoms with Crippen molar-refractivity contribution in [1.82, 2.24) is 4.72 Å². The highest BCUT2D eigenvalue weighted by Gasteiger charge is 2.26. The van der Waals surface area contributed by atoms with Gasteiger partial charge in [-0.25, -0.2) is 13.1 Å². The van der Waals surface area contributed by atoms with Crippen molar-refractivity contribution in [2.24, 2.45) is 5.73 Å². The number of benzene rings is 1. The maximum absolute atomic E-state index is 12.1. The molecule has 4 nitrogen and oxygen atoms in total. The SMILES string of the molecule is NC1CCCCC1NS(=O)(=O)c1ccc(Cl)cc1. The van der Waals surface area contributed by atoms with Crippen LogP contribution < -0.4 is 10.5 Å². The number of hydrogen-bond donors (Lipinski definition) is 2. The quantitative estimate of drug-likeness (QED) is 0.892. The molecule has 1 aliphatic carbocycles. The molecule has 18 heavy (non-hydrogen) atoms. The van der Waals surface area contributed by atoms with Gasteiger partial charge in [-0.3, -0.25) is 0 Å². The Balaban J connectivity index is 2.13. The molecule has 1 fully saturated rings. The predicted octanol–water partition coefficient (Wildman–Crippen LogP) is 1.89. The zero-order chi connectivity index (χ0) is 13.2. The molecule has 0 amide bonds. The van der Waals surface area contributed by atoms with Crippen molar-refractivity contribution in [3.8, 4) is 0 Å². The Kier molecular flexibility index (Phi) is 4.27. The summed E-state index contributed by atoms with van der Waals surface area (Å²) in [7, 11) is -3.50. The Morgan fingerprint density at radius 1 is 1.17 bits per heavy atom. The maximum Gasteiger partial charge on any atom is 0.240 e. The van der Waals surface area contributed by atoms with Crippen LogP contribution in [0.1, 0.15) is 25.7 Å². The number of nitrogens with one attached hydrogen (secondary N) is 1. The second kappa shape index (κ2) is 5.57. The predicted molar refractivity (Wildman–Crippen MR) is 72.0 cm³/mol. The van der Waals surface area contributed by atoms with Crippen LogP contribution in [0.4, 0.5) is 0 Å². The van der Waals surface area contributed by atoms with E-state index in [0.717, 1.165) is 25.7 Å². The van der Waals surface area contributed by atoms with E-state index in [1.54, 1.807) is 12.1 Å². The molecule has 1 aromatic carbocycles. The van der Waals surface area contributed by atoms with Crippen molar-refractivity contribution in [1.29, 1.82) is 0 Å². The molecular formula is C12H17ClN2O2S. The summed E-state index contributed by atoms with van der Waals surface area (Å²) in [4.78, 5) is 0.227. The topological polar surface area (TPSA) is 72.2 Å². The van der Waals surface area contributed by atoms with E-state index < -0.39 is 10.0 Å². The minimum absolute atomic E-state index is 0.0965. The van der Waals surface area contributed by atoms with Crippen LogP contribution in [0.2, 0.25) is 5.02 Å². The molecule has 2 atom stereocenters. The molecule has 2 unspecified atom stereocenters. The first-order chi connectivity index (χ1) is 8.49. The van der Waals surface area contributed by atoms with E-state index in [9.17, 15) is 8.42 Å². The molecule has 2 rings (SSSR count). The van der Waals surface area contributed by atoms with E-state index >= 15 is 0 Å². The smallest absolute Gasteiger partial charge is 0.240 e. The van der Waals surface area contributed by atoms with Gasteiger partial charge in [-0.05, 0) is 37.1 Å². The van der Waals surface area contributed by atoms with Crippen LogP contribution in [-0.2, 0) is 10.0 Å². The maximum atomic E-state index is 12.1. The Bertz CT molecular complexity index is 501. The van der Waals surface area contributed by atoms with Crippen LogP contribution in [0.3, 0.4) is 0 Å². The molecule has 0 saturated heterocycles. The fraction of sp³-hybridized carbons (Fsp3) is 0.500. The largest absolute Gasteiger partial charge is 0.326 e. The molecule has 1 aromatic rings. The molecule has 100 valence electrons. The molecule has 6 heteroatoms. The third-order valence-electron chi connectivity index (χ3n) is 3.25.